The van der Waals surface area contributed by atoms with Gasteiger partial charge in [0.05, 0.1) is 5.75 Å². The summed E-state index contributed by atoms with van der Waals surface area (Å²) in [6.07, 6.45) is 1.54. The second kappa shape index (κ2) is 7.48. The molecule has 5 nitrogen and oxygen atoms in total. The molecule has 0 aliphatic heterocycles. The van der Waals surface area contributed by atoms with E-state index in [1.54, 1.807) is 30.3 Å². The maximum Gasteiger partial charge on any atom is 0.287 e. The number of carbonyl (C=O) groups excluding carboxylic acids is 1. The van der Waals surface area contributed by atoms with Gasteiger partial charge in [-0.2, -0.15) is 0 Å². The summed E-state index contributed by atoms with van der Waals surface area (Å²) in [7, 11) is -3.41. The van der Waals surface area contributed by atoms with Gasteiger partial charge in [0.2, 0.25) is 0 Å². The van der Waals surface area contributed by atoms with E-state index in [0.29, 0.717) is 17.1 Å². The molecule has 0 saturated carbocycles. The fourth-order valence-corrected chi connectivity index (χ4v) is 3.45. The van der Waals surface area contributed by atoms with Crippen LogP contribution in [0.15, 0.2) is 53.5 Å². The molecule has 0 spiro atoms. The number of halogens is 1. The predicted octanol–water partition coefficient (Wildman–Crippen LogP) is 2.96. The monoisotopic (exact) mass is 353 g/mol. The van der Waals surface area contributed by atoms with Crippen molar-refractivity contribution in [3.05, 3.63) is 71.2 Å². The van der Waals surface area contributed by atoms with E-state index >= 15 is 0 Å². The van der Waals surface area contributed by atoms with Gasteiger partial charge in [-0.25, -0.2) is 8.42 Å². The van der Waals surface area contributed by atoms with E-state index in [4.69, 9.17) is 16.0 Å². The van der Waals surface area contributed by atoms with Crippen LogP contribution in [0.25, 0.3) is 0 Å². The molecule has 23 heavy (non-hydrogen) atoms. The number of furan rings is 1. The van der Waals surface area contributed by atoms with Crippen LogP contribution in [0.5, 0.6) is 0 Å². The van der Waals surface area contributed by atoms with E-state index in [2.05, 4.69) is 11.9 Å². The molecule has 0 aliphatic carbocycles. The van der Waals surface area contributed by atoms with Crippen molar-refractivity contribution in [2.24, 2.45) is 0 Å². The third kappa shape index (κ3) is 5.26. The molecule has 0 unspecified atom stereocenters. The molecule has 0 aliphatic rings. The highest BCUT2D eigenvalue weighted by Gasteiger charge is 2.17. The predicted molar refractivity (Wildman–Crippen MR) is 89.0 cm³/mol. The van der Waals surface area contributed by atoms with Crippen molar-refractivity contribution < 1.29 is 17.6 Å². The average molecular weight is 354 g/mol. The molecule has 1 amide bonds. The van der Waals surface area contributed by atoms with Crippen LogP contribution in [0, 0.1) is 0 Å². The van der Waals surface area contributed by atoms with Gasteiger partial charge in [0, 0.05) is 11.6 Å². The smallest absolute Gasteiger partial charge is 0.287 e. The Kier molecular flexibility index (Phi) is 5.63. The van der Waals surface area contributed by atoms with Crippen LogP contribution >= 0.6 is 11.6 Å². The second-order valence-corrected chi connectivity index (χ2v) is 7.42. The number of carbonyl (C=O) groups is 1. The molecule has 1 aromatic carbocycles. The Morgan fingerprint density at radius 3 is 2.52 bits per heavy atom. The van der Waals surface area contributed by atoms with Crippen molar-refractivity contribution in [2.75, 3.05) is 6.54 Å². The molecule has 0 saturated heterocycles. The Balaban J connectivity index is 2.03. The number of rotatable bonds is 7. The summed E-state index contributed by atoms with van der Waals surface area (Å²) in [6.45, 7) is 3.80. The maximum absolute atomic E-state index is 12.2. The van der Waals surface area contributed by atoms with Gasteiger partial charge in [0.15, 0.2) is 15.6 Å². The summed E-state index contributed by atoms with van der Waals surface area (Å²) < 4.78 is 29.7. The van der Waals surface area contributed by atoms with Gasteiger partial charge in [-0.05, 0) is 29.8 Å². The lowest BCUT2D eigenvalue weighted by atomic mass is 10.2. The molecule has 122 valence electrons. The molecule has 0 bridgehead atoms. The molecule has 0 fully saturated rings. The lowest BCUT2D eigenvalue weighted by molar-refractivity contribution is 0.0929. The average Bonchev–Trinajstić information content (AvgIpc) is 2.94. The first-order valence-corrected chi connectivity index (χ1v) is 9.02. The minimum atomic E-state index is -3.41. The summed E-state index contributed by atoms with van der Waals surface area (Å²) in [5.41, 5.74) is 0.643. The SMILES string of the molecule is C=CCNC(=O)c1ccc(CS(=O)(=O)Cc2ccc(Cl)cc2)o1. The molecular weight excluding hydrogens is 338 g/mol. The second-order valence-electron chi connectivity index (χ2n) is 4.92. The third-order valence-corrected chi connectivity index (χ3v) is 4.70. The molecule has 0 radical (unpaired) electrons. The Bertz CT molecular complexity index is 794. The number of hydrogen-bond donors (Lipinski definition) is 1. The number of benzene rings is 1. The number of hydrogen-bond acceptors (Lipinski definition) is 4. The van der Waals surface area contributed by atoms with Crippen LogP contribution in [-0.4, -0.2) is 20.9 Å². The van der Waals surface area contributed by atoms with Crippen molar-refractivity contribution in [1.29, 1.82) is 0 Å². The zero-order chi connectivity index (χ0) is 16.9. The van der Waals surface area contributed by atoms with Crippen molar-refractivity contribution in [3.63, 3.8) is 0 Å². The van der Waals surface area contributed by atoms with Gasteiger partial charge < -0.3 is 9.73 Å². The van der Waals surface area contributed by atoms with Crippen LogP contribution < -0.4 is 5.32 Å². The highest BCUT2D eigenvalue weighted by atomic mass is 35.5. The number of amides is 1. The Hall–Kier alpha value is -2.05. The van der Waals surface area contributed by atoms with Gasteiger partial charge in [-0.15, -0.1) is 6.58 Å². The fourth-order valence-electron chi connectivity index (χ4n) is 1.93. The lowest BCUT2D eigenvalue weighted by Crippen LogP contribution is -2.22. The normalized spacial score (nSPS) is 11.2. The van der Waals surface area contributed by atoms with Crippen molar-refractivity contribution in [1.82, 2.24) is 5.32 Å². The van der Waals surface area contributed by atoms with Crippen molar-refractivity contribution in [2.45, 2.75) is 11.5 Å². The van der Waals surface area contributed by atoms with Crippen molar-refractivity contribution >= 4 is 27.3 Å². The van der Waals surface area contributed by atoms with Gasteiger partial charge in [0.1, 0.15) is 11.5 Å². The zero-order valence-corrected chi connectivity index (χ0v) is 13.9. The van der Waals surface area contributed by atoms with Crippen LogP contribution in [0.1, 0.15) is 21.9 Å². The first-order chi connectivity index (χ1) is 10.9. The molecule has 0 atom stereocenters. The van der Waals surface area contributed by atoms with Gasteiger partial charge >= 0.3 is 0 Å². The van der Waals surface area contributed by atoms with E-state index in [0.717, 1.165) is 0 Å². The molecular formula is C16H16ClNO4S. The van der Waals surface area contributed by atoms with Crippen LogP contribution in [0.2, 0.25) is 5.02 Å². The van der Waals surface area contributed by atoms with E-state index < -0.39 is 15.7 Å². The summed E-state index contributed by atoms with van der Waals surface area (Å²) in [6, 6.07) is 9.54. The van der Waals surface area contributed by atoms with Crippen LogP contribution in [-0.2, 0) is 21.3 Å². The standard InChI is InChI=1S/C16H16ClNO4S/c1-2-9-18-16(19)15-8-7-14(22-15)11-23(20,21)10-12-3-5-13(17)6-4-12/h2-8H,1,9-11H2,(H,18,19). The number of nitrogens with one attached hydrogen (secondary N) is 1. The van der Waals surface area contributed by atoms with Crippen LogP contribution in [0.4, 0.5) is 0 Å². The summed E-state index contributed by atoms with van der Waals surface area (Å²) in [4.78, 5) is 11.7. The van der Waals surface area contributed by atoms with Gasteiger partial charge in [-0.1, -0.05) is 29.8 Å². The summed E-state index contributed by atoms with van der Waals surface area (Å²) in [5, 5.41) is 3.11. The van der Waals surface area contributed by atoms with Gasteiger partial charge in [0.25, 0.3) is 5.91 Å². The minimum absolute atomic E-state index is 0.0727. The summed E-state index contributed by atoms with van der Waals surface area (Å²) in [5.74, 6) is -0.509. The lowest BCUT2D eigenvalue weighted by Gasteiger charge is -2.03. The molecule has 2 aromatic rings. The quantitative estimate of drug-likeness (QED) is 0.776. The topological polar surface area (TPSA) is 76.4 Å². The molecule has 1 N–H and O–H groups in total. The minimum Gasteiger partial charge on any atom is -0.455 e. The van der Waals surface area contributed by atoms with E-state index in [1.165, 1.54) is 12.1 Å². The van der Waals surface area contributed by atoms with Gasteiger partial charge in [-0.3, -0.25) is 4.79 Å². The highest BCUT2D eigenvalue weighted by Crippen LogP contribution is 2.17. The van der Waals surface area contributed by atoms with E-state index in [1.807, 2.05) is 0 Å². The molecule has 2 rings (SSSR count). The largest absolute Gasteiger partial charge is 0.455 e. The summed E-state index contributed by atoms with van der Waals surface area (Å²) >= 11 is 5.77. The Morgan fingerprint density at radius 2 is 1.87 bits per heavy atom. The Labute approximate surface area is 139 Å². The highest BCUT2D eigenvalue weighted by molar-refractivity contribution is 7.89. The van der Waals surface area contributed by atoms with E-state index in [9.17, 15) is 13.2 Å². The molecule has 7 heteroatoms. The number of sulfone groups is 1. The molecule has 1 heterocycles. The maximum atomic E-state index is 12.2. The first kappa shape index (κ1) is 17.3. The van der Waals surface area contributed by atoms with E-state index in [-0.39, 0.29) is 23.0 Å². The zero-order valence-electron chi connectivity index (χ0n) is 12.3. The fraction of sp³-hybridized carbons (Fsp3) is 0.188. The van der Waals surface area contributed by atoms with Crippen molar-refractivity contribution in [3.8, 4) is 0 Å². The first-order valence-electron chi connectivity index (χ1n) is 6.82. The third-order valence-electron chi connectivity index (χ3n) is 2.95. The van der Waals surface area contributed by atoms with Crippen LogP contribution in [0.3, 0.4) is 0 Å². The molecule has 1 aromatic heterocycles. The Morgan fingerprint density at radius 1 is 1.17 bits per heavy atom.